The molecule has 4 nitrogen and oxygen atoms in total. The summed E-state index contributed by atoms with van der Waals surface area (Å²) in [7, 11) is 1.46. The van der Waals surface area contributed by atoms with Gasteiger partial charge in [0.25, 0.3) is 0 Å². The van der Waals surface area contributed by atoms with Crippen LogP contribution in [0.15, 0.2) is 0 Å². The molecule has 0 aromatic heterocycles. The number of methoxy groups -OCH3 is 1. The highest BCUT2D eigenvalue weighted by atomic mass is 16.7. The Kier molecular flexibility index (Phi) is 5.44. The van der Waals surface area contributed by atoms with E-state index >= 15 is 0 Å². The van der Waals surface area contributed by atoms with Crippen molar-refractivity contribution in [2.24, 2.45) is 5.41 Å². The first kappa shape index (κ1) is 15.8. The van der Waals surface area contributed by atoms with E-state index < -0.39 is 11.2 Å². The summed E-state index contributed by atoms with van der Waals surface area (Å²) in [5.41, 5.74) is -0.553. The van der Waals surface area contributed by atoms with Gasteiger partial charge in [-0.2, -0.15) is 0 Å². The molecule has 1 saturated carbocycles. The third-order valence-corrected chi connectivity index (χ3v) is 4.88. The Morgan fingerprint density at radius 3 is 2.25 bits per heavy atom. The molecule has 1 saturated heterocycles. The minimum Gasteiger partial charge on any atom is -0.468 e. The van der Waals surface area contributed by atoms with Crippen molar-refractivity contribution in [2.45, 2.75) is 70.5 Å². The quantitative estimate of drug-likeness (QED) is 0.506. The summed E-state index contributed by atoms with van der Waals surface area (Å²) in [6.07, 6.45) is 9.52. The molecule has 0 spiro atoms. The molecule has 0 N–H and O–H groups in total. The maximum absolute atomic E-state index is 12.3. The molecule has 116 valence electrons. The predicted molar refractivity (Wildman–Crippen MR) is 76.3 cm³/mol. The molecular formula is C16H28O4. The Balaban J connectivity index is 1.99. The van der Waals surface area contributed by atoms with Crippen molar-refractivity contribution in [1.82, 2.24) is 0 Å². The smallest absolute Gasteiger partial charge is 0.317 e. The van der Waals surface area contributed by atoms with Gasteiger partial charge >= 0.3 is 5.97 Å². The zero-order valence-corrected chi connectivity index (χ0v) is 12.9. The monoisotopic (exact) mass is 284 g/mol. The highest BCUT2D eigenvalue weighted by molar-refractivity contribution is 5.79. The second-order valence-corrected chi connectivity index (χ2v) is 6.04. The number of carbonyl (C=O) groups excluding carboxylic acids is 1. The van der Waals surface area contributed by atoms with Crippen LogP contribution in [0.4, 0.5) is 0 Å². The molecule has 0 aromatic rings. The second kappa shape index (κ2) is 6.90. The molecule has 1 aliphatic heterocycles. The van der Waals surface area contributed by atoms with Crippen LogP contribution in [-0.2, 0) is 19.0 Å². The largest absolute Gasteiger partial charge is 0.468 e. The van der Waals surface area contributed by atoms with Crippen molar-refractivity contribution >= 4 is 5.97 Å². The summed E-state index contributed by atoms with van der Waals surface area (Å²) in [6, 6.07) is 0. The minimum absolute atomic E-state index is 0.154. The van der Waals surface area contributed by atoms with Crippen molar-refractivity contribution in [2.75, 3.05) is 20.3 Å². The van der Waals surface area contributed by atoms with E-state index in [-0.39, 0.29) is 5.97 Å². The number of unbranched alkanes of at least 4 members (excludes halogenated alkanes) is 4. The van der Waals surface area contributed by atoms with E-state index in [1.165, 1.54) is 32.8 Å². The van der Waals surface area contributed by atoms with Gasteiger partial charge in [-0.05, 0) is 19.3 Å². The average molecular weight is 284 g/mol. The van der Waals surface area contributed by atoms with Gasteiger partial charge in [0.2, 0.25) is 0 Å². The highest BCUT2D eigenvalue weighted by Gasteiger charge is 2.63. The first-order valence-electron chi connectivity index (χ1n) is 8.07. The molecule has 0 aromatic carbocycles. The van der Waals surface area contributed by atoms with Gasteiger partial charge in [0.1, 0.15) is 5.41 Å². The molecule has 2 rings (SSSR count). The second-order valence-electron chi connectivity index (χ2n) is 6.04. The zero-order chi connectivity index (χ0) is 14.5. The third-order valence-electron chi connectivity index (χ3n) is 4.88. The van der Waals surface area contributed by atoms with Crippen molar-refractivity contribution < 1.29 is 19.0 Å². The number of rotatable bonds is 8. The molecule has 0 atom stereocenters. The molecule has 0 bridgehead atoms. The van der Waals surface area contributed by atoms with Gasteiger partial charge in [0, 0.05) is 6.42 Å². The molecule has 2 fully saturated rings. The van der Waals surface area contributed by atoms with Crippen LogP contribution in [0.25, 0.3) is 0 Å². The predicted octanol–water partition coefficient (Wildman–Crippen LogP) is 3.43. The number of ether oxygens (including phenoxy) is 3. The molecule has 1 heterocycles. The SMILES string of the molecule is CCCCCCCC1(C2(C(=O)OC)CCC2)OCCO1. The van der Waals surface area contributed by atoms with Crippen LogP contribution in [0, 0.1) is 5.41 Å². The molecule has 0 radical (unpaired) electrons. The van der Waals surface area contributed by atoms with E-state index in [1.54, 1.807) is 0 Å². The summed E-state index contributed by atoms with van der Waals surface area (Å²) >= 11 is 0. The van der Waals surface area contributed by atoms with E-state index in [1.807, 2.05) is 0 Å². The standard InChI is InChI=1S/C16H28O4/c1-3-4-5-6-7-11-16(19-12-13-20-16)15(9-8-10-15)14(17)18-2/h3-13H2,1-2H3. The lowest BCUT2D eigenvalue weighted by atomic mass is 9.62. The Bertz CT molecular complexity index is 316. The normalized spacial score (nSPS) is 23.3. The van der Waals surface area contributed by atoms with Gasteiger partial charge in [0.05, 0.1) is 20.3 Å². The molecule has 1 aliphatic carbocycles. The van der Waals surface area contributed by atoms with Gasteiger partial charge in [-0.25, -0.2) is 0 Å². The summed E-state index contributed by atoms with van der Waals surface area (Å²) < 4.78 is 16.9. The first-order valence-corrected chi connectivity index (χ1v) is 8.07. The van der Waals surface area contributed by atoms with Gasteiger partial charge in [-0.3, -0.25) is 4.79 Å². The highest BCUT2D eigenvalue weighted by Crippen LogP contribution is 2.55. The maximum Gasteiger partial charge on any atom is 0.317 e. The van der Waals surface area contributed by atoms with E-state index in [9.17, 15) is 4.79 Å². The van der Waals surface area contributed by atoms with E-state index in [2.05, 4.69) is 6.92 Å². The van der Waals surface area contributed by atoms with E-state index in [4.69, 9.17) is 14.2 Å². The fourth-order valence-electron chi connectivity index (χ4n) is 3.54. The van der Waals surface area contributed by atoms with E-state index in [0.717, 1.165) is 32.1 Å². The number of hydrogen-bond acceptors (Lipinski definition) is 4. The molecular weight excluding hydrogens is 256 g/mol. The van der Waals surface area contributed by atoms with Crippen LogP contribution < -0.4 is 0 Å². The molecule has 0 unspecified atom stereocenters. The van der Waals surface area contributed by atoms with Gasteiger partial charge in [-0.15, -0.1) is 0 Å². The fraction of sp³-hybridized carbons (Fsp3) is 0.938. The summed E-state index contributed by atoms with van der Waals surface area (Å²) in [4.78, 5) is 12.3. The van der Waals surface area contributed by atoms with Crippen LogP contribution >= 0.6 is 0 Å². The summed E-state index contributed by atoms with van der Waals surface area (Å²) in [5, 5.41) is 0. The third kappa shape index (κ3) is 2.73. The van der Waals surface area contributed by atoms with Crippen molar-refractivity contribution in [3.05, 3.63) is 0 Å². The lowest BCUT2D eigenvalue weighted by Crippen LogP contribution is -2.58. The van der Waals surface area contributed by atoms with Crippen LogP contribution in [0.3, 0.4) is 0 Å². The number of carbonyl (C=O) groups is 1. The van der Waals surface area contributed by atoms with Crippen molar-refractivity contribution in [3.8, 4) is 0 Å². The Morgan fingerprint density at radius 2 is 1.75 bits per heavy atom. The van der Waals surface area contributed by atoms with Crippen LogP contribution in [0.1, 0.15) is 64.7 Å². The Morgan fingerprint density at radius 1 is 1.10 bits per heavy atom. The Labute approximate surface area is 122 Å². The lowest BCUT2D eigenvalue weighted by molar-refractivity contribution is -0.266. The Hall–Kier alpha value is -0.610. The van der Waals surface area contributed by atoms with Gasteiger partial charge in [-0.1, -0.05) is 39.0 Å². The lowest BCUT2D eigenvalue weighted by Gasteiger charge is -2.50. The average Bonchev–Trinajstić information content (AvgIpc) is 2.87. The van der Waals surface area contributed by atoms with Crippen molar-refractivity contribution in [1.29, 1.82) is 0 Å². The maximum atomic E-state index is 12.3. The fourth-order valence-corrected chi connectivity index (χ4v) is 3.54. The summed E-state index contributed by atoms with van der Waals surface area (Å²) in [5.74, 6) is -0.871. The van der Waals surface area contributed by atoms with Crippen molar-refractivity contribution in [3.63, 3.8) is 0 Å². The topological polar surface area (TPSA) is 44.8 Å². The first-order chi connectivity index (χ1) is 9.71. The van der Waals surface area contributed by atoms with Crippen LogP contribution in [-0.4, -0.2) is 32.1 Å². The van der Waals surface area contributed by atoms with Gasteiger partial charge in [0.15, 0.2) is 5.79 Å². The number of hydrogen-bond donors (Lipinski definition) is 0. The van der Waals surface area contributed by atoms with Gasteiger partial charge < -0.3 is 14.2 Å². The number of esters is 1. The molecule has 4 heteroatoms. The summed E-state index contributed by atoms with van der Waals surface area (Å²) in [6.45, 7) is 3.40. The van der Waals surface area contributed by atoms with Crippen LogP contribution in [0.2, 0.25) is 0 Å². The molecule has 2 aliphatic rings. The molecule has 20 heavy (non-hydrogen) atoms. The molecule has 0 amide bonds. The minimum atomic E-state index is -0.718. The van der Waals surface area contributed by atoms with E-state index in [0.29, 0.717) is 13.2 Å². The zero-order valence-electron chi connectivity index (χ0n) is 12.9. The van der Waals surface area contributed by atoms with Crippen LogP contribution in [0.5, 0.6) is 0 Å².